The van der Waals surface area contributed by atoms with Crippen LogP contribution in [0.1, 0.15) is 20.8 Å². The quantitative estimate of drug-likeness (QED) is 0.505. The fourth-order valence-electron chi connectivity index (χ4n) is 0.632. The van der Waals surface area contributed by atoms with Gasteiger partial charge in [0.1, 0.15) is 0 Å². The third-order valence-corrected chi connectivity index (χ3v) is 1.16. The van der Waals surface area contributed by atoms with Gasteiger partial charge in [-0.1, -0.05) is 0 Å². The molecule has 92 valence electrons. The molecule has 15 heavy (non-hydrogen) atoms. The molecule has 0 bridgehead atoms. The molecule has 0 atom stereocenters. The van der Waals surface area contributed by atoms with Gasteiger partial charge in [-0.15, -0.1) is 0 Å². The minimum Gasteiger partial charge on any atom is -0.466 e. The molecular formula is C10H22O5. The van der Waals surface area contributed by atoms with Gasteiger partial charge in [-0.25, -0.2) is 0 Å². The largest absolute Gasteiger partial charge is 0.466 e. The van der Waals surface area contributed by atoms with Gasteiger partial charge in [-0.3, -0.25) is 4.79 Å². The van der Waals surface area contributed by atoms with Crippen LogP contribution in [0.15, 0.2) is 0 Å². The molecule has 0 aliphatic carbocycles. The van der Waals surface area contributed by atoms with Gasteiger partial charge in [-0.2, -0.15) is 0 Å². The summed E-state index contributed by atoms with van der Waals surface area (Å²) < 4.78 is 14.3. The minimum atomic E-state index is -0.211. The zero-order valence-electron chi connectivity index (χ0n) is 9.82. The van der Waals surface area contributed by atoms with Crippen LogP contribution in [0.3, 0.4) is 0 Å². The van der Waals surface area contributed by atoms with Gasteiger partial charge in [0, 0.05) is 13.5 Å². The molecule has 0 saturated carbocycles. The molecule has 0 radical (unpaired) electrons. The van der Waals surface area contributed by atoms with Crippen molar-refractivity contribution in [1.82, 2.24) is 0 Å². The highest BCUT2D eigenvalue weighted by Gasteiger charge is 1.84. The Morgan fingerprint density at radius 3 is 2.00 bits per heavy atom. The number of carbonyl (C=O) groups excluding carboxylic acids is 1. The van der Waals surface area contributed by atoms with Crippen molar-refractivity contribution in [1.29, 1.82) is 0 Å². The van der Waals surface area contributed by atoms with Crippen molar-refractivity contribution in [3.63, 3.8) is 0 Å². The molecule has 5 heteroatoms. The smallest absolute Gasteiger partial charge is 0.302 e. The van der Waals surface area contributed by atoms with Crippen molar-refractivity contribution in [2.45, 2.75) is 20.8 Å². The standard InChI is InChI=1S/C6H14O3.C4H8O2/c1-2-8-5-6-9-4-3-7;1-3-6-4(2)5/h7H,2-6H2,1H3;3H2,1-2H3. The molecule has 0 rings (SSSR count). The molecule has 0 amide bonds. The van der Waals surface area contributed by atoms with Crippen molar-refractivity contribution in [3.05, 3.63) is 0 Å². The van der Waals surface area contributed by atoms with E-state index in [9.17, 15) is 4.79 Å². The average molecular weight is 222 g/mol. The van der Waals surface area contributed by atoms with Gasteiger partial charge in [0.2, 0.25) is 0 Å². The Kier molecular flexibility index (Phi) is 17.7. The van der Waals surface area contributed by atoms with Crippen molar-refractivity contribution >= 4 is 5.97 Å². The van der Waals surface area contributed by atoms with E-state index in [1.54, 1.807) is 6.92 Å². The fourth-order valence-corrected chi connectivity index (χ4v) is 0.632. The zero-order chi connectivity index (χ0) is 11.9. The van der Waals surface area contributed by atoms with Gasteiger partial charge >= 0.3 is 5.97 Å². The number of esters is 1. The highest BCUT2D eigenvalue weighted by Crippen LogP contribution is 1.76. The molecule has 0 heterocycles. The summed E-state index contributed by atoms with van der Waals surface area (Å²) in [6.07, 6.45) is 0. The summed E-state index contributed by atoms with van der Waals surface area (Å²) in [6, 6.07) is 0. The number of ether oxygens (including phenoxy) is 3. The molecule has 0 fully saturated rings. The van der Waals surface area contributed by atoms with Gasteiger partial charge in [0.05, 0.1) is 33.0 Å². The van der Waals surface area contributed by atoms with Crippen LogP contribution in [-0.2, 0) is 19.0 Å². The first-order valence-electron chi connectivity index (χ1n) is 5.08. The summed E-state index contributed by atoms with van der Waals surface area (Å²) in [4.78, 5) is 9.82. The number of hydrogen-bond acceptors (Lipinski definition) is 5. The van der Waals surface area contributed by atoms with Crippen LogP contribution >= 0.6 is 0 Å². The van der Waals surface area contributed by atoms with Crippen LogP contribution in [-0.4, -0.2) is 50.7 Å². The van der Waals surface area contributed by atoms with Gasteiger partial charge < -0.3 is 19.3 Å². The Balaban J connectivity index is 0. The number of aliphatic hydroxyl groups is 1. The third-order valence-electron chi connectivity index (χ3n) is 1.16. The van der Waals surface area contributed by atoms with Crippen LogP contribution in [0, 0.1) is 0 Å². The zero-order valence-corrected chi connectivity index (χ0v) is 9.82. The predicted molar refractivity (Wildman–Crippen MR) is 56.7 cm³/mol. The summed E-state index contributed by atoms with van der Waals surface area (Å²) in [5, 5.41) is 8.26. The second-order valence-electron chi connectivity index (χ2n) is 2.46. The second-order valence-corrected chi connectivity index (χ2v) is 2.46. The highest BCUT2D eigenvalue weighted by atomic mass is 16.5. The predicted octanol–water partition coefficient (Wildman–Crippen LogP) is 0.601. The molecule has 0 aromatic carbocycles. The molecule has 0 saturated heterocycles. The Morgan fingerprint density at radius 2 is 1.67 bits per heavy atom. The van der Waals surface area contributed by atoms with Crippen LogP contribution in [0.4, 0.5) is 0 Å². The van der Waals surface area contributed by atoms with Gasteiger partial charge in [-0.05, 0) is 13.8 Å². The normalized spacial score (nSPS) is 9.07. The Morgan fingerprint density at radius 1 is 1.07 bits per heavy atom. The van der Waals surface area contributed by atoms with E-state index < -0.39 is 0 Å². The molecule has 0 aromatic rings. The Labute approximate surface area is 91.3 Å². The van der Waals surface area contributed by atoms with E-state index in [-0.39, 0.29) is 12.6 Å². The molecule has 0 aromatic heterocycles. The van der Waals surface area contributed by atoms with E-state index in [1.165, 1.54) is 6.92 Å². The summed E-state index contributed by atoms with van der Waals surface area (Å²) in [7, 11) is 0. The fraction of sp³-hybridized carbons (Fsp3) is 0.900. The summed E-state index contributed by atoms with van der Waals surface area (Å²) in [5.74, 6) is -0.211. The van der Waals surface area contributed by atoms with Gasteiger partial charge in [0.25, 0.3) is 0 Å². The second kappa shape index (κ2) is 15.8. The van der Waals surface area contributed by atoms with E-state index in [1.807, 2.05) is 6.92 Å². The molecule has 0 unspecified atom stereocenters. The van der Waals surface area contributed by atoms with Crippen LogP contribution in [0.5, 0.6) is 0 Å². The van der Waals surface area contributed by atoms with Crippen molar-refractivity contribution < 1.29 is 24.1 Å². The van der Waals surface area contributed by atoms with E-state index >= 15 is 0 Å². The lowest BCUT2D eigenvalue weighted by Crippen LogP contribution is -2.06. The molecule has 0 spiro atoms. The van der Waals surface area contributed by atoms with Crippen LogP contribution in [0.2, 0.25) is 0 Å². The summed E-state index contributed by atoms with van der Waals surface area (Å²) in [5.41, 5.74) is 0. The Hall–Kier alpha value is -0.650. The SMILES string of the molecule is CCOC(C)=O.CCOCCOCCO. The minimum absolute atomic E-state index is 0.0894. The van der Waals surface area contributed by atoms with Crippen molar-refractivity contribution in [2.24, 2.45) is 0 Å². The lowest BCUT2D eigenvalue weighted by molar-refractivity contribution is -0.140. The first kappa shape index (κ1) is 16.8. The van der Waals surface area contributed by atoms with Crippen LogP contribution < -0.4 is 0 Å². The van der Waals surface area contributed by atoms with Crippen molar-refractivity contribution in [3.8, 4) is 0 Å². The number of aliphatic hydroxyl groups excluding tert-OH is 1. The van der Waals surface area contributed by atoms with E-state index in [2.05, 4.69) is 4.74 Å². The third kappa shape index (κ3) is 24.7. The topological polar surface area (TPSA) is 65.0 Å². The monoisotopic (exact) mass is 222 g/mol. The van der Waals surface area contributed by atoms with E-state index in [0.29, 0.717) is 26.4 Å². The molecule has 1 N–H and O–H groups in total. The maximum Gasteiger partial charge on any atom is 0.302 e. The van der Waals surface area contributed by atoms with E-state index in [4.69, 9.17) is 14.6 Å². The van der Waals surface area contributed by atoms with Crippen molar-refractivity contribution in [2.75, 3.05) is 39.6 Å². The van der Waals surface area contributed by atoms with Crippen LogP contribution in [0.25, 0.3) is 0 Å². The molecule has 0 aliphatic heterocycles. The summed E-state index contributed by atoms with van der Waals surface area (Å²) in [6.45, 7) is 8.01. The average Bonchev–Trinajstić information content (AvgIpc) is 2.18. The lowest BCUT2D eigenvalue weighted by atomic mass is 10.7. The molecule has 5 nitrogen and oxygen atoms in total. The highest BCUT2D eigenvalue weighted by molar-refractivity contribution is 5.65. The first-order valence-corrected chi connectivity index (χ1v) is 5.08. The number of rotatable bonds is 7. The molecular weight excluding hydrogens is 200 g/mol. The maximum atomic E-state index is 9.82. The number of hydrogen-bond donors (Lipinski definition) is 1. The number of carbonyl (C=O) groups is 1. The Bertz CT molecular complexity index is 121. The first-order chi connectivity index (χ1) is 7.18. The van der Waals surface area contributed by atoms with E-state index in [0.717, 1.165) is 6.61 Å². The molecule has 0 aliphatic rings. The maximum absolute atomic E-state index is 9.82. The summed E-state index contributed by atoms with van der Waals surface area (Å²) >= 11 is 0. The lowest BCUT2D eigenvalue weighted by Gasteiger charge is -2.00. The van der Waals surface area contributed by atoms with Gasteiger partial charge in [0.15, 0.2) is 0 Å².